The lowest BCUT2D eigenvalue weighted by Crippen LogP contribution is -2.35. The molecule has 92 valence electrons. The number of pyridine rings is 1. The van der Waals surface area contributed by atoms with E-state index in [4.69, 9.17) is 10.5 Å². The standard InChI is InChI=1S/C14H14N2O2/c1-18-13-7-3-2-5-11(13)9-16-8-4-6-12(10-16)14(15)17/h2-8,10H,9H2,1H3,(H-,15,17)/p+1. The van der Waals surface area contributed by atoms with E-state index in [0.717, 1.165) is 11.3 Å². The van der Waals surface area contributed by atoms with Gasteiger partial charge in [-0.25, -0.2) is 0 Å². The van der Waals surface area contributed by atoms with Crippen LogP contribution in [-0.2, 0) is 6.54 Å². The predicted octanol–water partition coefficient (Wildman–Crippen LogP) is 1.13. The molecule has 4 nitrogen and oxygen atoms in total. The van der Waals surface area contributed by atoms with E-state index in [1.807, 2.05) is 35.0 Å². The number of primary amides is 1. The summed E-state index contributed by atoms with van der Waals surface area (Å²) in [5.41, 5.74) is 6.80. The molecule has 0 saturated carbocycles. The quantitative estimate of drug-likeness (QED) is 0.818. The molecular weight excluding hydrogens is 228 g/mol. The van der Waals surface area contributed by atoms with Gasteiger partial charge in [0.1, 0.15) is 11.3 Å². The van der Waals surface area contributed by atoms with E-state index in [-0.39, 0.29) is 0 Å². The highest BCUT2D eigenvalue weighted by molar-refractivity contribution is 5.92. The summed E-state index contributed by atoms with van der Waals surface area (Å²) < 4.78 is 7.19. The number of carbonyl (C=O) groups is 1. The number of para-hydroxylation sites is 1. The van der Waals surface area contributed by atoms with E-state index in [1.54, 1.807) is 25.4 Å². The summed E-state index contributed by atoms with van der Waals surface area (Å²) in [5, 5.41) is 0. The zero-order valence-corrected chi connectivity index (χ0v) is 10.2. The van der Waals surface area contributed by atoms with Gasteiger partial charge in [0.15, 0.2) is 18.9 Å². The average Bonchev–Trinajstić information content (AvgIpc) is 2.39. The average molecular weight is 243 g/mol. The molecule has 0 unspecified atom stereocenters. The van der Waals surface area contributed by atoms with Crippen molar-refractivity contribution in [1.29, 1.82) is 0 Å². The molecule has 0 spiro atoms. The van der Waals surface area contributed by atoms with Crippen LogP contribution in [-0.4, -0.2) is 13.0 Å². The maximum Gasteiger partial charge on any atom is 0.254 e. The molecule has 0 aliphatic rings. The summed E-state index contributed by atoms with van der Waals surface area (Å²) in [5.74, 6) is 0.402. The Balaban J connectivity index is 2.28. The van der Waals surface area contributed by atoms with E-state index in [0.29, 0.717) is 12.1 Å². The molecule has 1 heterocycles. The fraction of sp³-hybridized carbons (Fsp3) is 0.143. The molecule has 2 aromatic rings. The second-order valence-corrected chi connectivity index (χ2v) is 3.94. The highest BCUT2D eigenvalue weighted by Crippen LogP contribution is 2.16. The summed E-state index contributed by atoms with van der Waals surface area (Å²) in [6, 6.07) is 11.3. The molecule has 0 saturated heterocycles. The highest BCUT2D eigenvalue weighted by Gasteiger charge is 2.10. The van der Waals surface area contributed by atoms with Gasteiger partial charge in [0.05, 0.1) is 12.7 Å². The molecule has 4 heteroatoms. The van der Waals surface area contributed by atoms with Crippen molar-refractivity contribution in [3.05, 3.63) is 59.9 Å². The van der Waals surface area contributed by atoms with Crippen LogP contribution in [0.1, 0.15) is 15.9 Å². The second-order valence-electron chi connectivity index (χ2n) is 3.94. The van der Waals surface area contributed by atoms with Crippen LogP contribution in [0.3, 0.4) is 0 Å². The van der Waals surface area contributed by atoms with Crippen LogP contribution in [0.4, 0.5) is 0 Å². The Hall–Kier alpha value is -2.36. The number of nitrogens with zero attached hydrogens (tertiary/aromatic N) is 1. The molecule has 0 aliphatic heterocycles. The summed E-state index contributed by atoms with van der Waals surface area (Å²) >= 11 is 0. The first-order chi connectivity index (χ1) is 8.70. The smallest absolute Gasteiger partial charge is 0.254 e. The molecule has 0 aliphatic carbocycles. The van der Waals surface area contributed by atoms with Crippen molar-refractivity contribution in [3.8, 4) is 5.75 Å². The van der Waals surface area contributed by atoms with Crippen molar-refractivity contribution < 1.29 is 14.1 Å². The Kier molecular flexibility index (Phi) is 3.57. The summed E-state index contributed by atoms with van der Waals surface area (Å²) in [6.07, 6.45) is 3.62. The fourth-order valence-electron chi connectivity index (χ4n) is 1.80. The van der Waals surface area contributed by atoms with Crippen molar-refractivity contribution in [2.75, 3.05) is 7.11 Å². The number of methoxy groups -OCH3 is 1. The van der Waals surface area contributed by atoms with Crippen LogP contribution in [0.15, 0.2) is 48.8 Å². The van der Waals surface area contributed by atoms with E-state index >= 15 is 0 Å². The summed E-state index contributed by atoms with van der Waals surface area (Å²) in [4.78, 5) is 11.1. The van der Waals surface area contributed by atoms with Crippen molar-refractivity contribution in [1.82, 2.24) is 0 Å². The SMILES string of the molecule is COc1ccccc1C[n+]1cccc(C(N)=O)c1. The van der Waals surface area contributed by atoms with E-state index < -0.39 is 5.91 Å². The minimum Gasteiger partial charge on any atom is -0.496 e. The number of amides is 1. The number of rotatable bonds is 4. The van der Waals surface area contributed by atoms with Gasteiger partial charge in [-0.1, -0.05) is 12.1 Å². The van der Waals surface area contributed by atoms with E-state index in [2.05, 4.69) is 0 Å². The van der Waals surface area contributed by atoms with Crippen molar-refractivity contribution in [2.24, 2.45) is 5.73 Å². The first-order valence-electron chi connectivity index (χ1n) is 5.61. The Morgan fingerprint density at radius 1 is 1.28 bits per heavy atom. The zero-order valence-electron chi connectivity index (χ0n) is 10.2. The monoisotopic (exact) mass is 243 g/mol. The van der Waals surface area contributed by atoms with Crippen LogP contribution in [0.25, 0.3) is 0 Å². The third-order valence-corrected chi connectivity index (χ3v) is 2.69. The van der Waals surface area contributed by atoms with Crippen LogP contribution >= 0.6 is 0 Å². The molecule has 1 aromatic heterocycles. The van der Waals surface area contributed by atoms with E-state index in [1.165, 1.54) is 0 Å². The molecule has 0 radical (unpaired) electrons. The summed E-state index contributed by atoms with van der Waals surface area (Å²) in [6.45, 7) is 0.630. The fourth-order valence-corrected chi connectivity index (χ4v) is 1.80. The molecule has 1 amide bonds. The second kappa shape index (κ2) is 5.31. The van der Waals surface area contributed by atoms with Crippen LogP contribution in [0.2, 0.25) is 0 Å². The highest BCUT2D eigenvalue weighted by atomic mass is 16.5. The third kappa shape index (κ3) is 2.66. The maximum atomic E-state index is 11.1. The third-order valence-electron chi connectivity index (χ3n) is 2.69. The molecule has 0 atom stereocenters. The van der Waals surface area contributed by atoms with Crippen molar-refractivity contribution in [2.45, 2.75) is 6.54 Å². The number of nitrogens with two attached hydrogens (primary N) is 1. The zero-order chi connectivity index (χ0) is 13.0. The predicted molar refractivity (Wildman–Crippen MR) is 67.3 cm³/mol. The Morgan fingerprint density at radius 2 is 2.06 bits per heavy atom. The van der Waals surface area contributed by atoms with Gasteiger partial charge in [0, 0.05) is 6.07 Å². The lowest BCUT2D eigenvalue weighted by molar-refractivity contribution is -0.688. The normalized spacial score (nSPS) is 10.1. The number of aromatic nitrogens is 1. The maximum absolute atomic E-state index is 11.1. The Morgan fingerprint density at radius 3 is 2.78 bits per heavy atom. The lowest BCUT2D eigenvalue weighted by Gasteiger charge is -2.05. The number of carbonyl (C=O) groups excluding carboxylic acids is 1. The van der Waals surface area contributed by atoms with Gasteiger partial charge < -0.3 is 10.5 Å². The minimum atomic E-state index is -0.427. The van der Waals surface area contributed by atoms with Gasteiger partial charge >= 0.3 is 0 Å². The molecule has 2 rings (SSSR count). The van der Waals surface area contributed by atoms with Gasteiger partial charge in [-0.3, -0.25) is 4.79 Å². The molecule has 18 heavy (non-hydrogen) atoms. The Labute approximate surface area is 106 Å². The van der Waals surface area contributed by atoms with Gasteiger partial charge in [-0.05, 0) is 18.2 Å². The number of benzene rings is 1. The molecule has 2 N–H and O–H groups in total. The van der Waals surface area contributed by atoms with Gasteiger partial charge in [0.2, 0.25) is 0 Å². The van der Waals surface area contributed by atoms with Crippen LogP contribution < -0.4 is 15.0 Å². The molecular formula is C14H15N2O2+. The lowest BCUT2D eigenvalue weighted by atomic mass is 10.2. The van der Waals surface area contributed by atoms with Crippen molar-refractivity contribution >= 4 is 5.91 Å². The molecule has 1 aromatic carbocycles. The van der Waals surface area contributed by atoms with E-state index in [9.17, 15) is 4.79 Å². The first-order valence-corrected chi connectivity index (χ1v) is 5.61. The van der Waals surface area contributed by atoms with Crippen molar-refractivity contribution in [3.63, 3.8) is 0 Å². The summed E-state index contributed by atoms with van der Waals surface area (Å²) in [7, 11) is 1.64. The largest absolute Gasteiger partial charge is 0.496 e. The number of hydrogen-bond acceptors (Lipinski definition) is 2. The van der Waals surface area contributed by atoms with Gasteiger partial charge in [0.25, 0.3) is 5.91 Å². The van der Waals surface area contributed by atoms with Crippen LogP contribution in [0, 0.1) is 0 Å². The number of ether oxygens (including phenoxy) is 1. The van der Waals surface area contributed by atoms with Gasteiger partial charge in [-0.2, -0.15) is 4.57 Å². The molecule has 0 bridgehead atoms. The van der Waals surface area contributed by atoms with Gasteiger partial charge in [-0.15, -0.1) is 0 Å². The first kappa shape index (κ1) is 12.1. The molecule has 0 fully saturated rings. The minimum absolute atomic E-state index is 0.427. The van der Waals surface area contributed by atoms with Crippen LogP contribution in [0.5, 0.6) is 5.75 Å². The number of hydrogen-bond donors (Lipinski definition) is 1. The Bertz CT molecular complexity index is 567. The topological polar surface area (TPSA) is 56.2 Å².